The second-order valence-corrected chi connectivity index (χ2v) is 4.26. The van der Waals surface area contributed by atoms with Crippen molar-refractivity contribution in [2.24, 2.45) is 5.92 Å². The molecule has 0 bridgehead atoms. The van der Waals surface area contributed by atoms with Gasteiger partial charge in [0.25, 0.3) is 0 Å². The van der Waals surface area contributed by atoms with Crippen LogP contribution < -0.4 is 0 Å². The van der Waals surface area contributed by atoms with Gasteiger partial charge in [0.05, 0.1) is 6.10 Å². The van der Waals surface area contributed by atoms with Crippen LogP contribution in [0.5, 0.6) is 0 Å². The molecule has 2 unspecified atom stereocenters. The summed E-state index contributed by atoms with van der Waals surface area (Å²) in [6, 6.07) is 0. The highest BCUT2D eigenvalue weighted by Gasteiger charge is 2.21. The van der Waals surface area contributed by atoms with Gasteiger partial charge >= 0.3 is 0 Å². The summed E-state index contributed by atoms with van der Waals surface area (Å²) in [5.74, 6) is 0.818. The number of aliphatic hydroxyl groups is 1. The number of hydrogen-bond donors (Lipinski definition) is 1. The lowest BCUT2D eigenvalue weighted by molar-refractivity contribution is 0.176. The smallest absolute Gasteiger partial charge is 0.0543 e. The van der Waals surface area contributed by atoms with Gasteiger partial charge in [0, 0.05) is 0 Å². The molecule has 1 saturated carbocycles. The number of rotatable bonds is 6. The Morgan fingerprint density at radius 1 is 1.23 bits per heavy atom. The third-order valence-corrected chi connectivity index (χ3v) is 3.03. The Morgan fingerprint density at radius 3 is 2.69 bits per heavy atom. The predicted octanol–water partition coefficient (Wildman–Crippen LogP) is 3.28. The zero-order valence-electron chi connectivity index (χ0n) is 8.54. The highest BCUT2D eigenvalue weighted by molar-refractivity contribution is 4.74. The van der Waals surface area contributed by atoms with Gasteiger partial charge in [0.1, 0.15) is 0 Å². The zero-order chi connectivity index (χ0) is 9.52. The van der Waals surface area contributed by atoms with E-state index in [9.17, 15) is 5.11 Å². The second-order valence-electron chi connectivity index (χ2n) is 4.26. The molecule has 76 valence electrons. The molecule has 0 aromatic carbocycles. The Hall–Kier alpha value is -0.300. The number of hydrogen-bond acceptors (Lipinski definition) is 1. The van der Waals surface area contributed by atoms with Crippen LogP contribution in [0.15, 0.2) is 12.7 Å². The van der Waals surface area contributed by atoms with Crippen LogP contribution in [0.1, 0.15) is 51.4 Å². The Labute approximate surface area is 81.9 Å². The molecule has 13 heavy (non-hydrogen) atoms. The molecule has 0 amide bonds. The van der Waals surface area contributed by atoms with Crippen molar-refractivity contribution in [3.05, 3.63) is 12.7 Å². The maximum atomic E-state index is 9.33. The first-order chi connectivity index (χ1) is 6.33. The summed E-state index contributed by atoms with van der Waals surface area (Å²) in [4.78, 5) is 0. The van der Waals surface area contributed by atoms with E-state index in [4.69, 9.17) is 0 Å². The van der Waals surface area contributed by atoms with Gasteiger partial charge in [-0.2, -0.15) is 0 Å². The van der Waals surface area contributed by atoms with Crippen molar-refractivity contribution in [3.63, 3.8) is 0 Å². The van der Waals surface area contributed by atoms with Gasteiger partial charge in [-0.25, -0.2) is 0 Å². The largest absolute Gasteiger partial charge is 0.393 e. The fourth-order valence-electron chi connectivity index (χ4n) is 2.21. The van der Waals surface area contributed by atoms with Gasteiger partial charge < -0.3 is 5.11 Å². The maximum Gasteiger partial charge on any atom is 0.0543 e. The van der Waals surface area contributed by atoms with E-state index in [-0.39, 0.29) is 6.10 Å². The van der Waals surface area contributed by atoms with Crippen LogP contribution in [0.2, 0.25) is 0 Å². The summed E-state index contributed by atoms with van der Waals surface area (Å²) < 4.78 is 0. The lowest BCUT2D eigenvalue weighted by Crippen LogP contribution is -2.00. The van der Waals surface area contributed by atoms with E-state index in [0.29, 0.717) is 0 Å². The summed E-state index contributed by atoms with van der Waals surface area (Å²) in [6.07, 6.45) is 11.8. The van der Waals surface area contributed by atoms with Gasteiger partial charge in [0.15, 0.2) is 0 Å². The quantitative estimate of drug-likeness (QED) is 0.493. The van der Waals surface area contributed by atoms with Gasteiger partial charge in [-0.3, -0.25) is 0 Å². The van der Waals surface area contributed by atoms with Crippen molar-refractivity contribution < 1.29 is 5.11 Å². The topological polar surface area (TPSA) is 20.2 Å². The summed E-state index contributed by atoms with van der Waals surface area (Å²) in [5, 5.41) is 9.33. The first-order valence-electron chi connectivity index (χ1n) is 5.62. The first kappa shape index (κ1) is 10.8. The van der Waals surface area contributed by atoms with Gasteiger partial charge in [0.2, 0.25) is 0 Å². The second kappa shape index (κ2) is 6.20. The van der Waals surface area contributed by atoms with Crippen LogP contribution >= 0.6 is 0 Å². The van der Waals surface area contributed by atoms with Crippen molar-refractivity contribution in [2.75, 3.05) is 0 Å². The van der Waals surface area contributed by atoms with Gasteiger partial charge in [-0.15, -0.1) is 6.58 Å². The van der Waals surface area contributed by atoms with Crippen molar-refractivity contribution in [2.45, 2.75) is 57.5 Å². The van der Waals surface area contributed by atoms with Gasteiger partial charge in [-0.1, -0.05) is 25.3 Å². The minimum absolute atomic E-state index is 0.0122. The van der Waals surface area contributed by atoms with Crippen molar-refractivity contribution >= 4 is 0 Å². The minimum atomic E-state index is 0.0122. The molecule has 0 radical (unpaired) electrons. The fraction of sp³-hybridized carbons (Fsp3) is 0.833. The SMILES string of the molecule is C=CCCCCCC1CCC(O)C1. The van der Waals surface area contributed by atoms with Crippen LogP contribution in [-0.2, 0) is 0 Å². The normalized spacial score (nSPS) is 27.8. The molecule has 0 saturated heterocycles. The molecule has 1 fully saturated rings. The summed E-state index contributed by atoms with van der Waals surface area (Å²) in [5.41, 5.74) is 0. The van der Waals surface area contributed by atoms with E-state index in [1.54, 1.807) is 0 Å². The lowest BCUT2D eigenvalue weighted by atomic mass is 9.99. The van der Waals surface area contributed by atoms with Crippen molar-refractivity contribution in [3.8, 4) is 0 Å². The minimum Gasteiger partial charge on any atom is -0.393 e. The molecular formula is C12H22O. The van der Waals surface area contributed by atoms with Crippen LogP contribution in [0, 0.1) is 5.92 Å². The Kier molecular flexibility index (Phi) is 5.14. The number of unbranched alkanes of at least 4 members (excludes halogenated alkanes) is 3. The predicted molar refractivity (Wildman–Crippen MR) is 56.6 cm³/mol. The molecule has 1 heteroatoms. The highest BCUT2D eigenvalue weighted by atomic mass is 16.3. The highest BCUT2D eigenvalue weighted by Crippen LogP contribution is 2.29. The molecular weight excluding hydrogens is 160 g/mol. The molecule has 0 aromatic rings. The Balaban J connectivity index is 1.91. The molecule has 1 N–H and O–H groups in total. The molecule has 1 aliphatic rings. The summed E-state index contributed by atoms with van der Waals surface area (Å²) >= 11 is 0. The summed E-state index contributed by atoms with van der Waals surface area (Å²) in [6.45, 7) is 3.71. The first-order valence-corrected chi connectivity index (χ1v) is 5.62. The fourth-order valence-corrected chi connectivity index (χ4v) is 2.21. The van der Waals surface area contributed by atoms with E-state index in [1.807, 2.05) is 6.08 Å². The molecule has 1 nitrogen and oxygen atoms in total. The van der Waals surface area contributed by atoms with E-state index >= 15 is 0 Å². The van der Waals surface area contributed by atoms with Gasteiger partial charge in [-0.05, 0) is 38.0 Å². The van der Waals surface area contributed by atoms with E-state index < -0.39 is 0 Å². The van der Waals surface area contributed by atoms with Crippen molar-refractivity contribution in [1.29, 1.82) is 0 Å². The van der Waals surface area contributed by atoms with Crippen LogP contribution in [-0.4, -0.2) is 11.2 Å². The molecule has 0 aliphatic heterocycles. The third-order valence-electron chi connectivity index (χ3n) is 3.03. The summed E-state index contributed by atoms with van der Waals surface area (Å²) in [7, 11) is 0. The van der Waals surface area contributed by atoms with E-state index in [1.165, 1.54) is 32.1 Å². The van der Waals surface area contributed by atoms with Crippen LogP contribution in [0.4, 0.5) is 0 Å². The van der Waals surface area contributed by atoms with Crippen LogP contribution in [0.25, 0.3) is 0 Å². The lowest BCUT2D eigenvalue weighted by Gasteiger charge is -2.07. The van der Waals surface area contributed by atoms with E-state index in [2.05, 4.69) is 6.58 Å². The monoisotopic (exact) mass is 182 g/mol. The number of aliphatic hydroxyl groups excluding tert-OH is 1. The standard InChI is InChI=1S/C12H22O/c1-2-3-4-5-6-7-11-8-9-12(13)10-11/h2,11-13H,1,3-10H2. The van der Waals surface area contributed by atoms with E-state index in [0.717, 1.165) is 25.2 Å². The Bertz CT molecular complexity index is 142. The molecule has 1 aliphatic carbocycles. The average molecular weight is 182 g/mol. The number of allylic oxidation sites excluding steroid dienone is 1. The molecule has 0 heterocycles. The third kappa shape index (κ3) is 4.47. The Morgan fingerprint density at radius 2 is 2.08 bits per heavy atom. The molecule has 0 spiro atoms. The molecule has 0 aromatic heterocycles. The van der Waals surface area contributed by atoms with Crippen molar-refractivity contribution in [1.82, 2.24) is 0 Å². The molecule has 2 atom stereocenters. The average Bonchev–Trinajstić information content (AvgIpc) is 2.51. The van der Waals surface area contributed by atoms with Crippen LogP contribution in [0.3, 0.4) is 0 Å². The zero-order valence-corrected chi connectivity index (χ0v) is 8.54. The molecule has 1 rings (SSSR count). The maximum absolute atomic E-state index is 9.33.